The van der Waals surface area contributed by atoms with E-state index in [1.807, 2.05) is 18.2 Å². The van der Waals surface area contributed by atoms with Crippen molar-refractivity contribution in [3.63, 3.8) is 0 Å². The molecule has 1 aromatic carbocycles. The second-order valence-electron chi connectivity index (χ2n) is 7.40. The number of morpholine rings is 1. The average Bonchev–Trinajstić information content (AvgIpc) is 3.20. The number of benzene rings is 1. The Morgan fingerprint density at radius 1 is 1.11 bits per heavy atom. The van der Waals surface area contributed by atoms with Gasteiger partial charge in [-0.1, -0.05) is 24.0 Å². The first-order valence-corrected chi connectivity index (χ1v) is 10.9. The number of rotatable bonds is 3. The molecule has 0 aromatic heterocycles. The molecule has 3 aliphatic heterocycles. The van der Waals surface area contributed by atoms with Crippen molar-refractivity contribution in [3.05, 3.63) is 24.3 Å². The Labute approximate surface area is 162 Å². The SMILES string of the molecule is C[C@H]1CN(C#N)C[C@@H]1N1CCN(c2cccc(N3CCOCC3)c2)S1(O)O. The fourth-order valence-corrected chi connectivity index (χ4v) is 6.19. The first-order valence-electron chi connectivity index (χ1n) is 9.41. The van der Waals surface area contributed by atoms with Gasteiger partial charge in [0, 0.05) is 38.4 Å². The van der Waals surface area contributed by atoms with E-state index >= 15 is 0 Å². The molecule has 0 spiro atoms. The van der Waals surface area contributed by atoms with Crippen LogP contribution in [0, 0.1) is 17.4 Å². The highest BCUT2D eigenvalue weighted by atomic mass is 32.3. The Morgan fingerprint density at radius 2 is 1.85 bits per heavy atom. The van der Waals surface area contributed by atoms with Gasteiger partial charge in [0.2, 0.25) is 0 Å². The van der Waals surface area contributed by atoms with Gasteiger partial charge in [-0.2, -0.15) is 9.57 Å². The molecule has 148 valence electrons. The van der Waals surface area contributed by atoms with Gasteiger partial charge in [0.05, 0.1) is 31.5 Å². The molecule has 1 aromatic rings. The zero-order valence-electron chi connectivity index (χ0n) is 15.6. The molecule has 2 atom stereocenters. The highest BCUT2D eigenvalue weighted by molar-refractivity contribution is 8.23. The molecule has 0 unspecified atom stereocenters. The van der Waals surface area contributed by atoms with Crippen LogP contribution in [0.4, 0.5) is 11.4 Å². The highest BCUT2D eigenvalue weighted by Crippen LogP contribution is 2.55. The third kappa shape index (κ3) is 3.44. The molecule has 0 radical (unpaired) electrons. The maximum absolute atomic E-state index is 11.1. The summed E-state index contributed by atoms with van der Waals surface area (Å²) in [5.74, 6) is 0.218. The molecule has 0 bridgehead atoms. The molecule has 3 heterocycles. The van der Waals surface area contributed by atoms with Crippen molar-refractivity contribution < 1.29 is 13.8 Å². The van der Waals surface area contributed by atoms with Gasteiger partial charge in [-0.05, 0) is 24.1 Å². The number of likely N-dealkylation sites (tertiary alicyclic amines) is 1. The molecule has 27 heavy (non-hydrogen) atoms. The maximum atomic E-state index is 11.1. The van der Waals surface area contributed by atoms with Crippen molar-refractivity contribution in [1.82, 2.24) is 9.21 Å². The van der Waals surface area contributed by atoms with E-state index in [1.165, 1.54) is 0 Å². The molecule has 3 saturated heterocycles. The van der Waals surface area contributed by atoms with E-state index in [1.54, 1.807) is 13.5 Å². The zero-order chi connectivity index (χ0) is 19.0. The van der Waals surface area contributed by atoms with Crippen LogP contribution in [-0.4, -0.2) is 76.8 Å². The van der Waals surface area contributed by atoms with Crippen LogP contribution in [0.2, 0.25) is 0 Å². The summed E-state index contributed by atoms with van der Waals surface area (Å²) in [4.78, 5) is 3.96. The Hall–Kier alpha value is -1.70. The predicted molar refractivity (Wildman–Crippen MR) is 107 cm³/mol. The summed E-state index contributed by atoms with van der Waals surface area (Å²) >= 11 is 0. The van der Waals surface area contributed by atoms with Gasteiger partial charge < -0.3 is 14.5 Å². The van der Waals surface area contributed by atoms with Gasteiger partial charge in [-0.3, -0.25) is 13.4 Å². The lowest BCUT2D eigenvalue weighted by Gasteiger charge is -2.46. The van der Waals surface area contributed by atoms with E-state index in [4.69, 9.17) is 4.74 Å². The molecule has 0 saturated carbocycles. The molecule has 8 nitrogen and oxygen atoms in total. The van der Waals surface area contributed by atoms with Crippen LogP contribution in [0.5, 0.6) is 0 Å². The van der Waals surface area contributed by atoms with Gasteiger partial charge in [-0.15, -0.1) is 0 Å². The van der Waals surface area contributed by atoms with Gasteiger partial charge in [0.25, 0.3) is 0 Å². The van der Waals surface area contributed by atoms with Crippen LogP contribution >= 0.6 is 11.0 Å². The molecular formula is C18H27N5O3S. The maximum Gasteiger partial charge on any atom is 0.179 e. The largest absolute Gasteiger partial charge is 0.378 e. The Morgan fingerprint density at radius 3 is 2.56 bits per heavy atom. The Balaban J connectivity index is 1.54. The molecular weight excluding hydrogens is 366 g/mol. The second-order valence-corrected chi connectivity index (χ2v) is 9.29. The molecule has 3 aliphatic rings. The van der Waals surface area contributed by atoms with Gasteiger partial charge in [0.15, 0.2) is 6.19 Å². The monoisotopic (exact) mass is 393 g/mol. The van der Waals surface area contributed by atoms with E-state index in [9.17, 15) is 14.4 Å². The van der Waals surface area contributed by atoms with Crippen molar-refractivity contribution in [1.29, 1.82) is 5.26 Å². The van der Waals surface area contributed by atoms with Crippen molar-refractivity contribution in [2.24, 2.45) is 5.92 Å². The Kier molecular flexibility index (Phi) is 5.09. The van der Waals surface area contributed by atoms with E-state index in [-0.39, 0.29) is 12.0 Å². The first-order chi connectivity index (χ1) is 13.0. The minimum Gasteiger partial charge on any atom is -0.378 e. The topological polar surface area (TPSA) is 86.4 Å². The van der Waals surface area contributed by atoms with Gasteiger partial charge in [0.1, 0.15) is 0 Å². The minimum atomic E-state index is -3.09. The lowest BCUT2D eigenvalue weighted by Crippen LogP contribution is -2.41. The number of anilines is 2. The van der Waals surface area contributed by atoms with Crippen molar-refractivity contribution in [3.8, 4) is 6.19 Å². The third-order valence-electron chi connectivity index (χ3n) is 5.71. The predicted octanol–water partition coefficient (Wildman–Crippen LogP) is 2.03. The average molecular weight is 394 g/mol. The van der Waals surface area contributed by atoms with Crippen LogP contribution in [0.1, 0.15) is 6.92 Å². The van der Waals surface area contributed by atoms with Gasteiger partial charge >= 0.3 is 0 Å². The lowest BCUT2D eigenvalue weighted by atomic mass is 10.1. The van der Waals surface area contributed by atoms with Crippen LogP contribution < -0.4 is 9.21 Å². The van der Waals surface area contributed by atoms with Crippen molar-refractivity contribution in [2.45, 2.75) is 13.0 Å². The molecule has 2 N–H and O–H groups in total. The van der Waals surface area contributed by atoms with Crippen LogP contribution in [0.3, 0.4) is 0 Å². The summed E-state index contributed by atoms with van der Waals surface area (Å²) in [5.41, 5.74) is 1.90. The first kappa shape index (κ1) is 18.7. The van der Waals surface area contributed by atoms with Crippen molar-refractivity contribution >= 4 is 22.3 Å². The van der Waals surface area contributed by atoms with Gasteiger partial charge in [-0.25, -0.2) is 0 Å². The van der Waals surface area contributed by atoms with E-state index in [0.717, 1.165) is 24.5 Å². The Bertz CT molecular complexity index is 721. The fraction of sp³-hybridized carbons (Fsp3) is 0.611. The van der Waals surface area contributed by atoms with E-state index in [2.05, 4.69) is 24.1 Å². The summed E-state index contributed by atoms with van der Waals surface area (Å²) in [6.07, 6.45) is 2.19. The molecule has 3 fully saturated rings. The summed E-state index contributed by atoms with van der Waals surface area (Å²) in [6.45, 7) is 7.54. The summed E-state index contributed by atoms with van der Waals surface area (Å²) < 4.78 is 31.1. The summed E-state index contributed by atoms with van der Waals surface area (Å²) in [6, 6.07) is 7.96. The second kappa shape index (κ2) is 7.37. The van der Waals surface area contributed by atoms with Crippen LogP contribution in [-0.2, 0) is 4.74 Å². The van der Waals surface area contributed by atoms with Crippen molar-refractivity contribution in [2.75, 3.05) is 61.7 Å². The summed E-state index contributed by atoms with van der Waals surface area (Å²) in [7, 11) is -3.09. The molecule has 0 amide bonds. The fourth-order valence-electron chi connectivity index (χ4n) is 4.25. The molecule has 0 aliphatic carbocycles. The smallest absolute Gasteiger partial charge is 0.179 e. The van der Waals surface area contributed by atoms with E-state index in [0.29, 0.717) is 39.4 Å². The summed E-state index contributed by atoms with van der Waals surface area (Å²) in [5, 5.41) is 9.17. The molecule has 4 rings (SSSR count). The number of nitrogens with zero attached hydrogens (tertiary/aromatic N) is 5. The highest BCUT2D eigenvalue weighted by Gasteiger charge is 2.46. The molecule has 9 heteroatoms. The minimum absolute atomic E-state index is 0.0259. The third-order valence-corrected chi connectivity index (χ3v) is 7.78. The number of hydrogen-bond donors (Lipinski definition) is 2. The number of ether oxygens (including phenoxy) is 1. The number of hydrogen-bond acceptors (Lipinski definition) is 8. The number of nitriles is 1. The van der Waals surface area contributed by atoms with Crippen LogP contribution in [0.25, 0.3) is 0 Å². The zero-order valence-corrected chi connectivity index (χ0v) is 16.4. The normalized spacial score (nSPS) is 29.8. The standard InChI is InChI=1S/C18H27N5O3S/c1-15-12-20(14-19)13-18(15)23-6-5-22(27(23,24)25)17-4-2-3-16(11-17)21-7-9-26-10-8-21/h2-4,11,15,18,24-25H,5-10,12-13H2,1H3/t15-,18-/m0/s1. The van der Waals surface area contributed by atoms with Crippen LogP contribution in [0.15, 0.2) is 24.3 Å². The van der Waals surface area contributed by atoms with E-state index < -0.39 is 11.0 Å². The quantitative estimate of drug-likeness (QED) is 0.755. The lowest BCUT2D eigenvalue weighted by molar-refractivity contribution is 0.122.